The van der Waals surface area contributed by atoms with Gasteiger partial charge in [0.1, 0.15) is 6.10 Å². The van der Waals surface area contributed by atoms with Gasteiger partial charge in [-0.3, -0.25) is 4.79 Å². The van der Waals surface area contributed by atoms with E-state index in [0.29, 0.717) is 5.56 Å². The molecule has 1 unspecified atom stereocenters. The fourth-order valence-electron chi connectivity index (χ4n) is 1.24. The third-order valence-corrected chi connectivity index (χ3v) is 2.08. The Morgan fingerprint density at radius 2 is 1.94 bits per heavy atom. The van der Waals surface area contributed by atoms with Gasteiger partial charge in [0.05, 0.1) is 13.5 Å². The van der Waals surface area contributed by atoms with E-state index < -0.39 is 17.5 Å². The maximum Gasteiger partial charge on any atom is 0.404 e. The molecule has 86 valence electrons. The van der Waals surface area contributed by atoms with Crippen LogP contribution in [-0.2, 0) is 14.3 Å². The number of halogens is 1. The summed E-state index contributed by atoms with van der Waals surface area (Å²) in [6, 6.07) is 8.87. The monoisotopic (exact) mass is 242 g/mol. The summed E-state index contributed by atoms with van der Waals surface area (Å²) in [5.74, 6) is -0.466. The predicted octanol–water partition coefficient (Wildman–Crippen LogP) is 2.67. The van der Waals surface area contributed by atoms with Crippen LogP contribution in [0.4, 0.5) is 4.79 Å². The lowest BCUT2D eigenvalue weighted by molar-refractivity contribution is -0.142. The van der Waals surface area contributed by atoms with Crippen LogP contribution in [0.2, 0.25) is 0 Å². The summed E-state index contributed by atoms with van der Waals surface area (Å²) >= 11 is 5.14. The predicted molar refractivity (Wildman–Crippen MR) is 58.2 cm³/mol. The zero-order valence-electron chi connectivity index (χ0n) is 8.68. The number of esters is 1. The molecule has 16 heavy (non-hydrogen) atoms. The highest BCUT2D eigenvalue weighted by Gasteiger charge is 2.19. The number of ether oxygens (including phenoxy) is 2. The maximum atomic E-state index is 11.1. The molecule has 0 spiro atoms. The van der Waals surface area contributed by atoms with Gasteiger partial charge in [-0.25, -0.2) is 4.79 Å². The summed E-state index contributed by atoms with van der Waals surface area (Å²) in [4.78, 5) is 21.8. The first-order chi connectivity index (χ1) is 7.63. The molecule has 0 N–H and O–H groups in total. The smallest absolute Gasteiger partial charge is 0.404 e. The van der Waals surface area contributed by atoms with Gasteiger partial charge in [-0.1, -0.05) is 30.3 Å². The van der Waals surface area contributed by atoms with E-state index in [1.807, 2.05) is 6.07 Å². The topological polar surface area (TPSA) is 52.6 Å². The van der Waals surface area contributed by atoms with Crippen LogP contribution in [0.1, 0.15) is 18.1 Å². The lowest BCUT2D eigenvalue weighted by Crippen LogP contribution is -2.12. The van der Waals surface area contributed by atoms with Gasteiger partial charge in [0, 0.05) is 11.6 Å². The maximum absolute atomic E-state index is 11.1. The van der Waals surface area contributed by atoms with Gasteiger partial charge in [-0.05, 0) is 5.56 Å². The van der Waals surface area contributed by atoms with Gasteiger partial charge in [-0.15, -0.1) is 0 Å². The average Bonchev–Trinajstić information content (AvgIpc) is 2.28. The summed E-state index contributed by atoms with van der Waals surface area (Å²) in [6.07, 6.45) is -0.766. The van der Waals surface area contributed by atoms with Crippen LogP contribution in [0.5, 0.6) is 0 Å². The molecule has 0 amide bonds. The minimum Gasteiger partial charge on any atom is -0.469 e. The Labute approximate surface area is 98.1 Å². The van der Waals surface area contributed by atoms with Crippen LogP contribution >= 0.6 is 11.6 Å². The van der Waals surface area contributed by atoms with E-state index in [-0.39, 0.29) is 6.42 Å². The van der Waals surface area contributed by atoms with E-state index in [0.717, 1.165) is 0 Å². The Morgan fingerprint density at radius 3 is 2.44 bits per heavy atom. The molecule has 0 aliphatic heterocycles. The van der Waals surface area contributed by atoms with Crippen molar-refractivity contribution in [2.75, 3.05) is 7.11 Å². The number of carbonyl (C=O) groups excluding carboxylic acids is 2. The van der Waals surface area contributed by atoms with Gasteiger partial charge in [-0.2, -0.15) is 0 Å². The third kappa shape index (κ3) is 3.90. The number of methoxy groups -OCH3 is 1. The summed E-state index contributed by atoms with van der Waals surface area (Å²) in [5.41, 5.74) is -0.250. The fraction of sp³-hybridized carbons (Fsp3) is 0.273. The first-order valence-electron chi connectivity index (χ1n) is 4.61. The summed E-state index contributed by atoms with van der Waals surface area (Å²) in [6.45, 7) is 0. The van der Waals surface area contributed by atoms with Crippen molar-refractivity contribution in [3.8, 4) is 0 Å². The molecule has 1 aromatic carbocycles. The van der Waals surface area contributed by atoms with E-state index in [1.165, 1.54) is 7.11 Å². The van der Waals surface area contributed by atoms with Crippen molar-refractivity contribution in [3.63, 3.8) is 0 Å². The van der Waals surface area contributed by atoms with Gasteiger partial charge >= 0.3 is 11.4 Å². The Hall–Kier alpha value is -1.55. The molecule has 0 aliphatic rings. The van der Waals surface area contributed by atoms with Crippen molar-refractivity contribution < 1.29 is 19.1 Å². The highest BCUT2D eigenvalue weighted by molar-refractivity contribution is 6.61. The molecule has 0 bridgehead atoms. The van der Waals surface area contributed by atoms with Gasteiger partial charge in [0.15, 0.2) is 0 Å². The standard InChI is InChI=1S/C11H11ClO4/c1-15-10(13)7-9(16-11(12)14)8-5-3-2-4-6-8/h2-6,9H,7H2,1H3. The van der Waals surface area contributed by atoms with Crippen molar-refractivity contribution in [1.82, 2.24) is 0 Å². The Morgan fingerprint density at radius 1 is 1.31 bits per heavy atom. The Bertz CT molecular complexity index is 364. The summed E-state index contributed by atoms with van der Waals surface area (Å²) in [5, 5.41) is 0. The van der Waals surface area contributed by atoms with Gasteiger partial charge < -0.3 is 9.47 Å². The molecular weight excluding hydrogens is 232 g/mol. The van der Waals surface area contributed by atoms with Crippen LogP contribution in [0.3, 0.4) is 0 Å². The van der Waals surface area contributed by atoms with Crippen molar-refractivity contribution >= 4 is 23.0 Å². The molecule has 1 rings (SSSR count). The second-order valence-corrected chi connectivity index (χ2v) is 3.34. The van der Waals surface area contributed by atoms with Crippen molar-refractivity contribution in [3.05, 3.63) is 35.9 Å². The largest absolute Gasteiger partial charge is 0.469 e. The molecule has 5 heteroatoms. The lowest BCUT2D eigenvalue weighted by atomic mass is 10.1. The SMILES string of the molecule is COC(=O)CC(OC(=O)Cl)c1ccccc1. The van der Waals surface area contributed by atoms with E-state index in [9.17, 15) is 9.59 Å². The van der Waals surface area contributed by atoms with Crippen molar-refractivity contribution in [1.29, 1.82) is 0 Å². The first kappa shape index (κ1) is 12.5. The van der Waals surface area contributed by atoms with E-state index in [4.69, 9.17) is 16.3 Å². The minimum absolute atomic E-state index is 0.0566. The van der Waals surface area contributed by atoms with Crippen molar-refractivity contribution in [2.24, 2.45) is 0 Å². The number of carbonyl (C=O) groups is 2. The molecule has 0 saturated carbocycles. The molecule has 1 aromatic rings. The number of hydrogen-bond donors (Lipinski definition) is 0. The zero-order valence-corrected chi connectivity index (χ0v) is 9.44. The summed E-state index contributed by atoms with van der Waals surface area (Å²) < 4.78 is 9.34. The molecule has 4 nitrogen and oxygen atoms in total. The molecule has 0 saturated heterocycles. The van der Waals surface area contributed by atoms with Crippen LogP contribution in [0, 0.1) is 0 Å². The quantitative estimate of drug-likeness (QED) is 0.602. The molecule has 0 aromatic heterocycles. The highest BCUT2D eigenvalue weighted by Crippen LogP contribution is 2.22. The molecule has 0 fully saturated rings. The third-order valence-electron chi connectivity index (χ3n) is 1.99. The normalized spacial score (nSPS) is 11.6. The van der Waals surface area contributed by atoms with Crippen LogP contribution in [0.15, 0.2) is 30.3 Å². The van der Waals surface area contributed by atoms with E-state index >= 15 is 0 Å². The second kappa shape index (κ2) is 6.12. The van der Waals surface area contributed by atoms with E-state index in [1.54, 1.807) is 24.3 Å². The first-order valence-corrected chi connectivity index (χ1v) is 4.99. The van der Waals surface area contributed by atoms with Crippen LogP contribution in [0.25, 0.3) is 0 Å². The number of hydrogen-bond acceptors (Lipinski definition) is 4. The molecule has 1 atom stereocenters. The number of benzene rings is 1. The lowest BCUT2D eigenvalue weighted by Gasteiger charge is -2.15. The Balaban J connectivity index is 2.79. The number of rotatable bonds is 4. The van der Waals surface area contributed by atoms with Gasteiger partial charge in [0.25, 0.3) is 0 Å². The Kier molecular flexibility index (Phi) is 4.79. The van der Waals surface area contributed by atoms with Crippen molar-refractivity contribution in [2.45, 2.75) is 12.5 Å². The molecule has 0 aliphatic carbocycles. The van der Waals surface area contributed by atoms with E-state index in [2.05, 4.69) is 4.74 Å². The zero-order chi connectivity index (χ0) is 12.0. The molecular formula is C11H11ClO4. The van der Waals surface area contributed by atoms with Crippen LogP contribution < -0.4 is 0 Å². The highest BCUT2D eigenvalue weighted by atomic mass is 35.5. The van der Waals surface area contributed by atoms with Crippen LogP contribution in [-0.4, -0.2) is 18.5 Å². The average molecular weight is 243 g/mol. The van der Waals surface area contributed by atoms with Gasteiger partial charge in [0.2, 0.25) is 0 Å². The summed E-state index contributed by atoms with van der Waals surface area (Å²) in [7, 11) is 1.27. The fourth-order valence-corrected chi connectivity index (χ4v) is 1.35. The minimum atomic E-state index is -0.947. The molecule has 0 heterocycles. The molecule has 0 radical (unpaired) electrons. The second-order valence-electron chi connectivity index (χ2n) is 3.04.